The Balaban J connectivity index is 1.22. The first-order chi connectivity index (χ1) is 21.5. The van der Waals surface area contributed by atoms with Crippen molar-refractivity contribution in [1.29, 1.82) is 0 Å². The summed E-state index contributed by atoms with van der Waals surface area (Å²) in [4.78, 5) is 24.0. The number of hydrogen-bond acceptors (Lipinski definition) is 5. The van der Waals surface area contributed by atoms with Crippen molar-refractivity contribution in [2.24, 2.45) is 4.99 Å². The average molecular weight is 637 g/mol. The molecular formula is C33H35F3N6O2S. The van der Waals surface area contributed by atoms with E-state index in [9.17, 15) is 18.0 Å². The summed E-state index contributed by atoms with van der Waals surface area (Å²) in [5.41, 5.74) is 7.08. The molecule has 0 bridgehead atoms. The number of nitrogens with one attached hydrogen (secondary N) is 1. The molecule has 1 N–H and O–H groups in total. The quantitative estimate of drug-likeness (QED) is 0.211. The van der Waals surface area contributed by atoms with E-state index >= 15 is 0 Å². The molecule has 45 heavy (non-hydrogen) atoms. The van der Waals surface area contributed by atoms with Crippen molar-refractivity contribution in [2.75, 3.05) is 23.7 Å². The van der Waals surface area contributed by atoms with Crippen LogP contribution in [0.4, 0.5) is 23.7 Å². The predicted molar refractivity (Wildman–Crippen MR) is 172 cm³/mol. The van der Waals surface area contributed by atoms with Crippen LogP contribution in [0, 0.1) is 20.8 Å². The number of amides is 2. The summed E-state index contributed by atoms with van der Waals surface area (Å²) >= 11 is 1.61. The number of urea groups is 1. The van der Waals surface area contributed by atoms with Gasteiger partial charge in [-0.3, -0.25) is 0 Å². The SMILES string of the molecule is CCC(CNC(=O)N=C1SCCCN1c1c(C)cc(C)cc1C)c1ccc(-c2ncn(-c3ccc(OC(F)(F)F)cc3)n2)cc1. The number of carbonyl (C=O) groups excluding carboxylic acids is 1. The van der Waals surface area contributed by atoms with Gasteiger partial charge in [0.05, 0.1) is 5.69 Å². The minimum absolute atomic E-state index is 0.0860. The largest absolute Gasteiger partial charge is 0.573 e. The van der Waals surface area contributed by atoms with E-state index in [-0.39, 0.29) is 17.7 Å². The second-order valence-corrected chi connectivity index (χ2v) is 12.0. The number of aromatic nitrogens is 3. The predicted octanol–water partition coefficient (Wildman–Crippen LogP) is 7.96. The number of amidine groups is 1. The van der Waals surface area contributed by atoms with Gasteiger partial charge in [0.1, 0.15) is 12.1 Å². The highest BCUT2D eigenvalue weighted by atomic mass is 32.2. The minimum Gasteiger partial charge on any atom is -0.406 e. The van der Waals surface area contributed by atoms with Gasteiger partial charge in [0.25, 0.3) is 0 Å². The van der Waals surface area contributed by atoms with Crippen LogP contribution >= 0.6 is 11.8 Å². The van der Waals surface area contributed by atoms with Gasteiger partial charge in [0.2, 0.25) is 0 Å². The Kier molecular flexibility index (Phi) is 9.81. The number of nitrogens with zero attached hydrogens (tertiary/aromatic N) is 5. The number of carbonyl (C=O) groups is 1. The first-order valence-electron chi connectivity index (χ1n) is 14.7. The van der Waals surface area contributed by atoms with Crippen molar-refractivity contribution >= 4 is 28.6 Å². The molecule has 2 heterocycles. The molecule has 0 aliphatic carbocycles. The number of alkyl halides is 3. The maximum atomic E-state index is 13.0. The third kappa shape index (κ3) is 8.05. The molecule has 1 saturated heterocycles. The molecule has 1 aliphatic rings. The number of aliphatic imine (C=N–C) groups is 1. The summed E-state index contributed by atoms with van der Waals surface area (Å²) in [6.45, 7) is 9.63. The molecule has 0 saturated carbocycles. The zero-order valence-electron chi connectivity index (χ0n) is 25.6. The van der Waals surface area contributed by atoms with Crippen LogP contribution in [-0.2, 0) is 0 Å². The van der Waals surface area contributed by atoms with Gasteiger partial charge in [0, 0.05) is 36.0 Å². The van der Waals surface area contributed by atoms with E-state index in [2.05, 4.69) is 69.9 Å². The van der Waals surface area contributed by atoms with Crippen molar-refractivity contribution in [3.63, 3.8) is 0 Å². The highest BCUT2D eigenvalue weighted by Gasteiger charge is 2.31. The van der Waals surface area contributed by atoms with Crippen molar-refractivity contribution in [3.05, 3.63) is 89.2 Å². The molecule has 3 aromatic carbocycles. The molecule has 0 spiro atoms. The summed E-state index contributed by atoms with van der Waals surface area (Å²) in [5, 5.41) is 8.21. The van der Waals surface area contributed by atoms with E-state index in [0.29, 0.717) is 18.1 Å². The number of hydrogen-bond donors (Lipinski definition) is 1. The van der Waals surface area contributed by atoms with Gasteiger partial charge < -0.3 is 15.0 Å². The molecule has 1 unspecified atom stereocenters. The zero-order valence-corrected chi connectivity index (χ0v) is 26.4. The minimum atomic E-state index is -4.75. The standard InChI is InChI=1S/C33H35F3N6O2S/c1-5-24(19-37-31(43)39-32-41(15-6-16-45-32)29-22(3)17-21(2)18-23(29)4)25-7-9-26(10-8-25)30-38-20-42(40-30)27-11-13-28(14-12-27)44-33(34,35)36/h7-14,17-18,20,24H,5-6,15-16,19H2,1-4H3,(H,37,43). The number of ether oxygens (including phenoxy) is 1. The molecule has 1 aliphatic heterocycles. The van der Waals surface area contributed by atoms with Crippen LogP contribution in [0.25, 0.3) is 17.1 Å². The Morgan fingerprint density at radius 1 is 1.07 bits per heavy atom. The van der Waals surface area contributed by atoms with E-state index in [1.165, 1.54) is 52.0 Å². The molecule has 5 rings (SSSR count). The van der Waals surface area contributed by atoms with Gasteiger partial charge in [0.15, 0.2) is 11.0 Å². The first kappa shape index (κ1) is 32.1. The molecular weight excluding hydrogens is 601 g/mol. The molecule has 1 fully saturated rings. The molecule has 1 aromatic heterocycles. The average Bonchev–Trinajstić information content (AvgIpc) is 3.48. The maximum Gasteiger partial charge on any atom is 0.573 e. The second-order valence-electron chi connectivity index (χ2n) is 11.0. The van der Waals surface area contributed by atoms with E-state index in [4.69, 9.17) is 0 Å². The fourth-order valence-electron chi connectivity index (χ4n) is 5.52. The summed E-state index contributed by atoms with van der Waals surface area (Å²) < 4.78 is 42.7. The Hall–Kier alpha value is -4.32. The molecule has 12 heteroatoms. The van der Waals surface area contributed by atoms with Gasteiger partial charge >= 0.3 is 12.4 Å². The van der Waals surface area contributed by atoms with Crippen LogP contribution < -0.4 is 15.0 Å². The maximum absolute atomic E-state index is 13.0. The van der Waals surface area contributed by atoms with Crippen molar-refractivity contribution < 1.29 is 22.7 Å². The number of benzene rings is 3. The fourth-order valence-corrected chi connectivity index (χ4v) is 6.46. The molecule has 0 radical (unpaired) electrons. The summed E-state index contributed by atoms with van der Waals surface area (Å²) in [6.07, 6.45) is -1.40. The highest BCUT2D eigenvalue weighted by molar-refractivity contribution is 8.14. The molecule has 236 valence electrons. The summed E-state index contributed by atoms with van der Waals surface area (Å²) in [5.74, 6) is 1.18. The second kappa shape index (κ2) is 13.8. The van der Waals surface area contributed by atoms with Crippen LogP contribution in [-0.4, -0.2) is 51.2 Å². The van der Waals surface area contributed by atoms with Crippen LogP contribution in [0.3, 0.4) is 0 Å². The number of anilines is 1. The Morgan fingerprint density at radius 3 is 2.40 bits per heavy atom. The lowest BCUT2D eigenvalue weighted by atomic mass is 9.95. The van der Waals surface area contributed by atoms with Crippen molar-refractivity contribution in [2.45, 2.75) is 52.8 Å². The van der Waals surface area contributed by atoms with E-state index in [0.717, 1.165) is 47.1 Å². The van der Waals surface area contributed by atoms with E-state index in [1.54, 1.807) is 11.8 Å². The summed E-state index contributed by atoms with van der Waals surface area (Å²) in [6, 6.07) is 17.2. The lowest BCUT2D eigenvalue weighted by Crippen LogP contribution is -2.37. The number of aryl methyl sites for hydroxylation is 3. The van der Waals surface area contributed by atoms with Crippen LogP contribution in [0.1, 0.15) is 47.9 Å². The van der Waals surface area contributed by atoms with Gasteiger partial charge in [-0.2, -0.15) is 4.99 Å². The summed E-state index contributed by atoms with van der Waals surface area (Å²) in [7, 11) is 0. The van der Waals surface area contributed by atoms with Gasteiger partial charge in [-0.05, 0) is 74.6 Å². The lowest BCUT2D eigenvalue weighted by Gasteiger charge is -2.32. The molecule has 8 nitrogen and oxygen atoms in total. The van der Waals surface area contributed by atoms with Crippen LogP contribution in [0.2, 0.25) is 0 Å². The Bertz CT molecular complexity index is 1650. The van der Waals surface area contributed by atoms with Crippen molar-refractivity contribution in [3.8, 4) is 22.8 Å². The number of thioether (sulfide) groups is 1. The number of halogens is 3. The number of rotatable bonds is 8. The van der Waals surface area contributed by atoms with Gasteiger partial charge in [-0.1, -0.05) is 60.6 Å². The van der Waals surface area contributed by atoms with Gasteiger partial charge in [-0.25, -0.2) is 14.5 Å². The third-order valence-corrected chi connectivity index (χ3v) is 8.61. The Morgan fingerprint density at radius 2 is 1.76 bits per heavy atom. The normalized spacial score (nSPS) is 15.3. The topological polar surface area (TPSA) is 84.6 Å². The smallest absolute Gasteiger partial charge is 0.406 e. The Labute approximate surface area is 264 Å². The van der Waals surface area contributed by atoms with Crippen molar-refractivity contribution in [1.82, 2.24) is 20.1 Å². The molecule has 1 atom stereocenters. The van der Waals surface area contributed by atoms with Gasteiger partial charge in [-0.15, -0.1) is 18.3 Å². The van der Waals surface area contributed by atoms with E-state index < -0.39 is 6.36 Å². The molecule has 4 aromatic rings. The first-order valence-corrected chi connectivity index (χ1v) is 15.7. The fraction of sp³-hybridized carbons (Fsp3) is 0.333. The van der Waals surface area contributed by atoms with E-state index in [1.807, 2.05) is 24.3 Å². The monoisotopic (exact) mass is 636 g/mol. The zero-order chi connectivity index (χ0) is 32.1. The highest BCUT2D eigenvalue weighted by Crippen LogP contribution is 2.32. The third-order valence-electron chi connectivity index (χ3n) is 7.55. The van der Waals surface area contributed by atoms with Crippen LogP contribution in [0.15, 0.2) is 72.0 Å². The lowest BCUT2D eigenvalue weighted by molar-refractivity contribution is -0.274. The van der Waals surface area contributed by atoms with Crippen LogP contribution in [0.5, 0.6) is 5.75 Å². The molecule has 2 amide bonds.